The Morgan fingerprint density at radius 3 is 2.75 bits per heavy atom. The van der Waals surface area contributed by atoms with Gasteiger partial charge in [0.15, 0.2) is 0 Å². The van der Waals surface area contributed by atoms with Gasteiger partial charge >= 0.3 is 0 Å². The molecule has 120 valence electrons. The van der Waals surface area contributed by atoms with Gasteiger partial charge in [0.25, 0.3) is 0 Å². The van der Waals surface area contributed by atoms with Crippen molar-refractivity contribution in [3.63, 3.8) is 0 Å². The summed E-state index contributed by atoms with van der Waals surface area (Å²) >= 11 is 0. The lowest BCUT2D eigenvalue weighted by Crippen LogP contribution is -2.31. The topological polar surface area (TPSA) is 47.0 Å². The number of hydrogen-bond acceptors (Lipinski definition) is 4. The summed E-state index contributed by atoms with van der Waals surface area (Å²) in [5, 5.41) is 4.44. The fourth-order valence-corrected chi connectivity index (χ4v) is 3.20. The lowest BCUT2D eigenvalue weighted by Gasteiger charge is -2.31. The first kappa shape index (κ1) is 14.7. The van der Waals surface area contributed by atoms with Crippen LogP contribution in [0.5, 0.6) is 11.6 Å². The van der Waals surface area contributed by atoms with Crippen molar-refractivity contribution in [1.82, 2.24) is 9.97 Å². The van der Waals surface area contributed by atoms with Crippen LogP contribution in [0.1, 0.15) is 26.3 Å². The molecule has 3 aromatic rings. The Morgan fingerprint density at radius 2 is 1.88 bits per heavy atom. The zero-order chi connectivity index (χ0) is 16.7. The van der Waals surface area contributed by atoms with Gasteiger partial charge in [0.05, 0.1) is 16.4 Å². The van der Waals surface area contributed by atoms with Crippen LogP contribution in [-0.2, 0) is 0 Å². The second kappa shape index (κ2) is 5.34. The standard InChI is InChI=1S/C20H19N3O/c1-13-11-20(2,3)23-18-9-8-14(10-16(13)18)24-19-15-6-4-5-7-17(15)21-12-22-19/h4-12,23H,1-3H3. The fraction of sp³-hybridized carbons (Fsp3) is 0.200. The van der Waals surface area contributed by atoms with Gasteiger partial charge < -0.3 is 10.1 Å². The van der Waals surface area contributed by atoms with Crippen molar-refractivity contribution in [3.05, 3.63) is 60.4 Å². The van der Waals surface area contributed by atoms with E-state index in [1.807, 2.05) is 30.3 Å². The van der Waals surface area contributed by atoms with Crippen molar-refractivity contribution >= 4 is 22.2 Å². The number of allylic oxidation sites excluding steroid dienone is 1. The van der Waals surface area contributed by atoms with Crippen molar-refractivity contribution in [1.29, 1.82) is 0 Å². The van der Waals surface area contributed by atoms with Crippen LogP contribution >= 0.6 is 0 Å². The Bertz CT molecular complexity index is 955. The highest BCUT2D eigenvalue weighted by Gasteiger charge is 2.22. The summed E-state index contributed by atoms with van der Waals surface area (Å²) < 4.78 is 6.05. The van der Waals surface area contributed by atoms with Crippen LogP contribution in [0.25, 0.3) is 16.5 Å². The number of hydrogen-bond donors (Lipinski definition) is 1. The number of anilines is 1. The van der Waals surface area contributed by atoms with E-state index in [1.54, 1.807) is 0 Å². The van der Waals surface area contributed by atoms with Crippen molar-refractivity contribution in [2.24, 2.45) is 0 Å². The van der Waals surface area contributed by atoms with Gasteiger partial charge in [0.2, 0.25) is 5.88 Å². The number of nitrogens with one attached hydrogen (secondary N) is 1. The first-order valence-corrected chi connectivity index (χ1v) is 8.01. The van der Waals surface area contributed by atoms with E-state index in [0.29, 0.717) is 5.88 Å². The molecule has 2 aromatic carbocycles. The first-order valence-electron chi connectivity index (χ1n) is 8.01. The van der Waals surface area contributed by atoms with E-state index >= 15 is 0 Å². The van der Waals surface area contributed by atoms with Crippen LogP contribution in [0.3, 0.4) is 0 Å². The minimum atomic E-state index is -0.0394. The van der Waals surface area contributed by atoms with Gasteiger partial charge in [-0.2, -0.15) is 0 Å². The molecule has 0 amide bonds. The van der Waals surface area contributed by atoms with E-state index in [0.717, 1.165) is 27.9 Å². The van der Waals surface area contributed by atoms with E-state index in [4.69, 9.17) is 4.74 Å². The molecule has 1 aliphatic heterocycles. The number of ether oxygens (including phenoxy) is 1. The summed E-state index contributed by atoms with van der Waals surface area (Å²) in [6, 6.07) is 13.9. The third-order valence-electron chi connectivity index (χ3n) is 4.17. The highest BCUT2D eigenvalue weighted by Crippen LogP contribution is 2.37. The van der Waals surface area contributed by atoms with Gasteiger partial charge in [-0.05, 0) is 56.7 Å². The maximum Gasteiger partial charge on any atom is 0.230 e. The molecule has 1 N–H and O–H groups in total. The zero-order valence-corrected chi connectivity index (χ0v) is 14.0. The largest absolute Gasteiger partial charge is 0.438 e. The lowest BCUT2D eigenvalue weighted by atomic mass is 9.91. The highest BCUT2D eigenvalue weighted by atomic mass is 16.5. The average molecular weight is 317 g/mol. The molecule has 1 aliphatic rings. The van der Waals surface area contributed by atoms with Crippen LogP contribution in [-0.4, -0.2) is 15.5 Å². The normalized spacial score (nSPS) is 15.4. The summed E-state index contributed by atoms with van der Waals surface area (Å²) in [7, 11) is 0. The quantitative estimate of drug-likeness (QED) is 0.720. The minimum absolute atomic E-state index is 0.0394. The molecule has 0 radical (unpaired) electrons. The van der Waals surface area contributed by atoms with Gasteiger partial charge in [-0.1, -0.05) is 18.2 Å². The van der Waals surface area contributed by atoms with Crippen LogP contribution in [0, 0.1) is 0 Å². The Labute approximate surface area is 141 Å². The minimum Gasteiger partial charge on any atom is -0.438 e. The van der Waals surface area contributed by atoms with Gasteiger partial charge in [-0.3, -0.25) is 0 Å². The molecule has 4 heteroatoms. The molecular formula is C20H19N3O. The van der Waals surface area contributed by atoms with E-state index in [1.165, 1.54) is 11.9 Å². The van der Waals surface area contributed by atoms with Crippen molar-refractivity contribution in [2.75, 3.05) is 5.32 Å². The van der Waals surface area contributed by atoms with E-state index in [2.05, 4.69) is 54.3 Å². The predicted molar refractivity (Wildman–Crippen MR) is 97.4 cm³/mol. The molecular weight excluding hydrogens is 298 g/mol. The zero-order valence-electron chi connectivity index (χ0n) is 14.0. The van der Waals surface area contributed by atoms with Crippen LogP contribution in [0.4, 0.5) is 5.69 Å². The second-order valence-electron chi connectivity index (χ2n) is 6.68. The van der Waals surface area contributed by atoms with Gasteiger partial charge in [-0.25, -0.2) is 9.97 Å². The third kappa shape index (κ3) is 2.60. The molecule has 24 heavy (non-hydrogen) atoms. The molecule has 0 aliphatic carbocycles. The summed E-state index contributed by atoms with van der Waals surface area (Å²) in [6.07, 6.45) is 3.77. The van der Waals surface area contributed by atoms with E-state index in [9.17, 15) is 0 Å². The van der Waals surface area contributed by atoms with Crippen LogP contribution in [0.15, 0.2) is 54.9 Å². The number of fused-ring (bicyclic) bond motifs is 2. The molecule has 0 fully saturated rings. The number of nitrogens with zero attached hydrogens (tertiary/aromatic N) is 2. The Kier molecular flexibility index (Phi) is 3.27. The Hall–Kier alpha value is -2.88. The molecule has 0 saturated heterocycles. The molecule has 0 atom stereocenters. The molecule has 0 bridgehead atoms. The average Bonchev–Trinajstić information content (AvgIpc) is 2.55. The number of aromatic nitrogens is 2. The van der Waals surface area contributed by atoms with E-state index in [-0.39, 0.29) is 5.54 Å². The van der Waals surface area contributed by atoms with Crippen molar-refractivity contribution in [2.45, 2.75) is 26.3 Å². The van der Waals surface area contributed by atoms with Crippen LogP contribution in [0.2, 0.25) is 0 Å². The van der Waals surface area contributed by atoms with E-state index < -0.39 is 0 Å². The summed E-state index contributed by atoms with van der Waals surface area (Å²) in [6.45, 7) is 6.46. The number of rotatable bonds is 2. The monoisotopic (exact) mass is 317 g/mol. The Morgan fingerprint density at radius 1 is 1.04 bits per heavy atom. The molecule has 0 spiro atoms. The molecule has 4 nitrogen and oxygen atoms in total. The highest BCUT2D eigenvalue weighted by molar-refractivity contribution is 5.84. The smallest absolute Gasteiger partial charge is 0.230 e. The third-order valence-corrected chi connectivity index (χ3v) is 4.17. The molecule has 0 unspecified atom stereocenters. The summed E-state index contributed by atoms with van der Waals surface area (Å²) in [5.41, 5.74) is 4.36. The predicted octanol–water partition coefficient (Wildman–Crippen LogP) is 5.03. The SMILES string of the molecule is CC1=CC(C)(C)Nc2ccc(Oc3ncnc4ccccc34)cc21. The van der Waals surface area contributed by atoms with Crippen LogP contribution < -0.4 is 10.1 Å². The maximum absolute atomic E-state index is 6.05. The summed E-state index contributed by atoms with van der Waals surface area (Å²) in [4.78, 5) is 8.56. The van der Waals surface area contributed by atoms with Gasteiger partial charge in [-0.15, -0.1) is 0 Å². The van der Waals surface area contributed by atoms with Crippen molar-refractivity contribution in [3.8, 4) is 11.6 Å². The fourth-order valence-electron chi connectivity index (χ4n) is 3.20. The van der Waals surface area contributed by atoms with Gasteiger partial charge in [0, 0.05) is 11.3 Å². The molecule has 0 saturated carbocycles. The maximum atomic E-state index is 6.05. The lowest BCUT2D eigenvalue weighted by molar-refractivity contribution is 0.468. The molecule has 1 aromatic heterocycles. The van der Waals surface area contributed by atoms with Gasteiger partial charge in [0.1, 0.15) is 12.1 Å². The number of para-hydroxylation sites is 1. The molecule has 2 heterocycles. The van der Waals surface area contributed by atoms with Crippen molar-refractivity contribution < 1.29 is 4.74 Å². The second-order valence-corrected chi connectivity index (χ2v) is 6.68. The molecule has 4 rings (SSSR count). The number of benzene rings is 2. The first-order chi connectivity index (χ1) is 11.5. The Balaban J connectivity index is 1.73. The summed E-state index contributed by atoms with van der Waals surface area (Å²) in [5.74, 6) is 1.35.